The first-order valence-electron chi connectivity index (χ1n) is 9.12. The van der Waals surface area contributed by atoms with Crippen LogP contribution >= 0.6 is 0 Å². The van der Waals surface area contributed by atoms with E-state index in [4.69, 9.17) is 9.47 Å². The van der Waals surface area contributed by atoms with Gasteiger partial charge in [0.2, 0.25) is 0 Å². The second-order valence-electron chi connectivity index (χ2n) is 7.82. The maximum atomic E-state index is 13.0. The standard InChI is InChI=1S/C21H32O3/c1-14(2)17-12-11-15(3)13-19(17)24-20(22)21(5,23-6)18-10-8-7-9-16(18)4/h7-10,14-15,17,19H,11-13H2,1-6H3/t15-,17+,19-,21?/m1/s1. The van der Waals surface area contributed by atoms with Crippen molar-refractivity contribution in [2.45, 2.75) is 65.6 Å². The van der Waals surface area contributed by atoms with Crippen molar-refractivity contribution in [3.63, 3.8) is 0 Å². The van der Waals surface area contributed by atoms with Crippen LogP contribution in [0.4, 0.5) is 0 Å². The normalized spacial score (nSPS) is 26.9. The highest BCUT2D eigenvalue weighted by Gasteiger charge is 2.42. The smallest absolute Gasteiger partial charge is 0.343 e. The third-order valence-electron chi connectivity index (χ3n) is 5.68. The van der Waals surface area contributed by atoms with Crippen molar-refractivity contribution in [2.24, 2.45) is 17.8 Å². The molecule has 4 atom stereocenters. The number of rotatable bonds is 5. The largest absolute Gasteiger partial charge is 0.460 e. The molecule has 0 radical (unpaired) electrons. The molecule has 1 aromatic carbocycles. The van der Waals surface area contributed by atoms with E-state index < -0.39 is 5.60 Å². The summed E-state index contributed by atoms with van der Waals surface area (Å²) in [5, 5.41) is 0. The molecule has 0 aliphatic heterocycles. The van der Waals surface area contributed by atoms with Gasteiger partial charge < -0.3 is 9.47 Å². The lowest BCUT2D eigenvalue weighted by Crippen LogP contribution is -2.43. The first-order valence-corrected chi connectivity index (χ1v) is 9.12. The molecule has 1 saturated carbocycles. The molecule has 1 aliphatic carbocycles. The highest BCUT2D eigenvalue weighted by atomic mass is 16.6. The lowest BCUT2D eigenvalue weighted by molar-refractivity contribution is -0.180. The molecule has 1 aromatic rings. The van der Waals surface area contributed by atoms with E-state index >= 15 is 0 Å². The van der Waals surface area contributed by atoms with Gasteiger partial charge in [-0.25, -0.2) is 4.79 Å². The minimum atomic E-state index is -1.06. The summed E-state index contributed by atoms with van der Waals surface area (Å²) >= 11 is 0. The van der Waals surface area contributed by atoms with Crippen LogP contribution in [0, 0.1) is 24.7 Å². The van der Waals surface area contributed by atoms with Gasteiger partial charge in [-0.05, 0) is 55.6 Å². The van der Waals surface area contributed by atoms with E-state index in [1.165, 1.54) is 6.42 Å². The third kappa shape index (κ3) is 3.83. The van der Waals surface area contributed by atoms with Crippen LogP contribution in [0.5, 0.6) is 0 Å². The summed E-state index contributed by atoms with van der Waals surface area (Å²) in [4.78, 5) is 13.0. The van der Waals surface area contributed by atoms with E-state index in [2.05, 4.69) is 20.8 Å². The van der Waals surface area contributed by atoms with Crippen molar-refractivity contribution >= 4 is 5.97 Å². The van der Waals surface area contributed by atoms with Gasteiger partial charge in [0.15, 0.2) is 5.60 Å². The Kier molecular flexibility index (Phi) is 6.08. The van der Waals surface area contributed by atoms with Gasteiger partial charge in [-0.1, -0.05) is 51.5 Å². The minimum Gasteiger partial charge on any atom is -0.460 e. The summed E-state index contributed by atoms with van der Waals surface area (Å²) in [7, 11) is 1.58. The Hall–Kier alpha value is -1.35. The average molecular weight is 332 g/mol. The van der Waals surface area contributed by atoms with Crippen LogP contribution in [-0.2, 0) is 19.9 Å². The zero-order chi connectivity index (χ0) is 17.9. The first-order chi connectivity index (χ1) is 11.3. The molecule has 1 aliphatic rings. The zero-order valence-electron chi connectivity index (χ0n) is 16.0. The molecule has 3 nitrogen and oxygen atoms in total. The maximum Gasteiger partial charge on any atom is 0.343 e. The summed E-state index contributed by atoms with van der Waals surface area (Å²) in [6, 6.07) is 7.85. The van der Waals surface area contributed by atoms with E-state index in [0.29, 0.717) is 17.8 Å². The van der Waals surface area contributed by atoms with Crippen molar-refractivity contribution in [3.8, 4) is 0 Å². The molecule has 3 heteroatoms. The summed E-state index contributed by atoms with van der Waals surface area (Å²) in [6.45, 7) is 10.5. The predicted molar refractivity (Wildman–Crippen MR) is 96.8 cm³/mol. The van der Waals surface area contributed by atoms with Gasteiger partial charge in [0, 0.05) is 7.11 Å². The van der Waals surface area contributed by atoms with Crippen molar-refractivity contribution < 1.29 is 14.3 Å². The van der Waals surface area contributed by atoms with Gasteiger partial charge in [-0.3, -0.25) is 0 Å². The molecule has 0 spiro atoms. The van der Waals surface area contributed by atoms with Crippen molar-refractivity contribution in [1.82, 2.24) is 0 Å². The first kappa shape index (κ1) is 19.0. The Labute approximate surface area is 146 Å². The Morgan fingerprint density at radius 3 is 2.50 bits per heavy atom. The third-order valence-corrected chi connectivity index (χ3v) is 5.68. The van der Waals surface area contributed by atoms with E-state index in [9.17, 15) is 4.79 Å². The average Bonchev–Trinajstić information content (AvgIpc) is 2.54. The summed E-state index contributed by atoms with van der Waals surface area (Å²) in [5.74, 6) is 1.28. The summed E-state index contributed by atoms with van der Waals surface area (Å²) in [5.41, 5.74) is 0.853. The Morgan fingerprint density at radius 1 is 1.25 bits per heavy atom. The molecule has 0 heterocycles. The Morgan fingerprint density at radius 2 is 1.92 bits per heavy atom. The number of benzene rings is 1. The number of ether oxygens (including phenoxy) is 2. The predicted octanol–water partition coefficient (Wildman–Crippen LogP) is 4.86. The highest BCUT2D eigenvalue weighted by molar-refractivity contribution is 5.81. The molecule has 134 valence electrons. The lowest BCUT2D eigenvalue weighted by atomic mass is 9.75. The molecule has 1 unspecified atom stereocenters. The number of hydrogen-bond donors (Lipinski definition) is 0. The van der Waals surface area contributed by atoms with Crippen molar-refractivity contribution in [2.75, 3.05) is 7.11 Å². The van der Waals surface area contributed by atoms with Crippen LogP contribution in [0.3, 0.4) is 0 Å². The highest BCUT2D eigenvalue weighted by Crippen LogP contribution is 2.37. The summed E-state index contributed by atoms with van der Waals surface area (Å²) in [6.07, 6.45) is 3.28. The summed E-state index contributed by atoms with van der Waals surface area (Å²) < 4.78 is 11.7. The molecular formula is C21H32O3. The van der Waals surface area contributed by atoms with Gasteiger partial charge in [0.1, 0.15) is 6.10 Å². The minimum absolute atomic E-state index is 0.0141. The van der Waals surface area contributed by atoms with Gasteiger partial charge in [0.25, 0.3) is 0 Å². The topological polar surface area (TPSA) is 35.5 Å². The fourth-order valence-corrected chi connectivity index (χ4v) is 3.91. The monoisotopic (exact) mass is 332 g/mol. The van der Waals surface area contributed by atoms with Crippen LogP contribution < -0.4 is 0 Å². The fraction of sp³-hybridized carbons (Fsp3) is 0.667. The van der Waals surface area contributed by atoms with Crippen LogP contribution in [0.25, 0.3) is 0 Å². The van der Waals surface area contributed by atoms with Gasteiger partial charge >= 0.3 is 5.97 Å². The van der Waals surface area contributed by atoms with E-state index in [1.54, 1.807) is 7.11 Å². The van der Waals surface area contributed by atoms with Crippen molar-refractivity contribution in [3.05, 3.63) is 35.4 Å². The molecule has 0 bridgehead atoms. The number of hydrogen-bond acceptors (Lipinski definition) is 3. The number of methoxy groups -OCH3 is 1. The van der Waals surface area contributed by atoms with E-state index in [0.717, 1.165) is 24.0 Å². The lowest BCUT2D eigenvalue weighted by Gasteiger charge is -2.38. The maximum absolute atomic E-state index is 13.0. The molecule has 0 aromatic heterocycles. The quantitative estimate of drug-likeness (QED) is 0.722. The molecular weight excluding hydrogens is 300 g/mol. The van der Waals surface area contributed by atoms with Crippen LogP contribution in [0.15, 0.2) is 24.3 Å². The van der Waals surface area contributed by atoms with Crippen LogP contribution in [0.2, 0.25) is 0 Å². The van der Waals surface area contributed by atoms with E-state index in [1.807, 2.05) is 38.1 Å². The zero-order valence-corrected chi connectivity index (χ0v) is 16.0. The SMILES string of the molecule is COC(C)(C(=O)O[C@@H]1C[C@H](C)CC[C@H]1C(C)C)c1ccccc1C. The van der Waals surface area contributed by atoms with Crippen molar-refractivity contribution in [1.29, 1.82) is 0 Å². The molecule has 0 saturated heterocycles. The Balaban J connectivity index is 2.23. The number of carbonyl (C=O) groups is 1. The molecule has 0 N–H and O–H groups in total. The van der Waals surface area contributed by atoms with Gasteiger partial charge in [-0.15, -0.1) is 0 Å². The molecule has 0 amide bonds. The molecule has 1 fully saturated rings. The van der Waals surface area contributed by atoms with Crippen LogP contribution in [0.1, 0.15) is 58.1 Å². The van der Waals surface area contributed by atoms with Gasteiger partial charge in [0.05, 0.1) is 0 Å². The number of carbonyl (C=O) groups excluding carboxylic acids is 1. The Bertz CT molecular complexity index is 566. The van der Waals surface area contributed by atoms with E-state index in [-0.39, 0.29) is 12.1 Å². The number of aryl methyl sites for hydroxylation is 1. The van der Waals surface area contributed by atoms with Crippen LogP contribution in [-0.4, -0.2) is 19.2 Å². The fourth-order valence-electron chi connectivity index (χ4n) is 3.91. The molecule has 24 heavy (non-hydrogen) atoms. The number of esters is 1. The molecule has 2 rings (SSSR count). The second-order valence-corrected chi connectivity index (χ2v) is 7.82. The van der Waals surface area contributed by atoms with Gasteiger partial charge in [-0.2, -0.15) is 0 Å². The second kappa shape index (κ2) is 7.69.